The quantitative estimate of drug-likeness (QED) is 0.668. The van der Waals surface area contributed by atoms with Crippen LogP contribution < -0.4 is 5.32 Å². The van der Waals surface area contributed by atoms with Crippen molar-refractivity contribution in [3.05, 3.63) is 29.3 Å². The second kappa shape index (κ2) is 6.51. The molecule has 1 aromatic heterocycles. The lowest BCUT2D eigenvalue weighted by molar-refractivity contribution is -0.118. The van der Waals surface area contributed by atoms with E-state index in [2.05, 4.69) is 39.0 Å². The molecule has 0 aliphatic carbocycles. The topological polar surface area (TPSA) is 72.7 Å². The van der Waals surface area contributed by atoms with Crippen molar-refractivity contribution in [1.29, 1.82) is 0 Å². The molecule has 6 nitrogen and oxygen atoms in total. The number of carbonyl (C=O) groups excluding carboxylic acids is 1. The van der Waals surface area contributed by atoms with Crippen LogP contribution >= 0.6 is 11.8 Å². The molecule has 0 unspecified atom stereocenters. The van der Waals surface area contributed by atoms with Crippen LogP contribution in [0.1, 0.15) is 18.1 Å². The van der Waals surface area contributed by atoms with Crippen LogP contribution in [0.15, 0.2) is 23.4 Å². The molecule has 0 aliphatic rings. The van der Waals surface area contributed by atoms with Crippen molar-refractivity contribution in [1.82, 2.24) is 25.5 Å². The number of thioether (sulfide) groups is 1. The molecule has 2 rings (SSSR count). The predicted octanol–water partition coefficient (Wildman–Crippen LogP) is 1.51. The van der Waals surface area contributed by atoms with E-state index in [4.69, 9.17) is 0 Å². The number of benzene rings is 1. The van der Waals surface area contributed by atoms with Gasteiger partial charge in [0.15, 0.2) is 0 Å². The van der Waals surface area contributed by atoms with E-state index in [1.807, 2.05) is 13.8 Å². The van der Waals surface area contributed by atoms with Gasteiger partial charge in [-0.2, -0.15) is 4.68 Å². The fourth-order valence-electron chi connectivity index (χ4n) is 1.74. The number of amides is 1. The molecule has 2 aromatic rings. The van der Waals surface area contributed by atoms with Crippen LogP contribution in [0.25, 0.3) is 5.69 Å². The van der Waals surface area contributed by atoms with Crippen molar-refractivity contribution in [3.63, 3.8) is 0 Å². The van der Waals surface area contributed by atoms with Gasteiger partial charge in [-0.15, -0.1) is 5.10 Å². The van der Waals surface area contributed by atoms with Crippen molar-refractivity contribution < 1.29 is 4.79 Å². The molecule has 1 aromatic carbocycles. The fraction of sp³-hybridized carbons (Fsp3) is 0.385. The third-order valence-electron chi connectivity index (χ3n) is 2.74. The Kier molecular flexibility index (Phi) is 4.73. The zero-order chi connectivity index (χ0) is 14.5. The largest absolute Gasteiger partial charge is 0.356 e. The van der Waals surface area contributed by atoms with Crippen LogP contribution in [0.2, 0.25) is 0 Å². The number of nitrogens with zero attached hydrogens (tertiary/aromatic N) is 4. The molecule has 0 spiro atoms. The molecule has 1 N–H and O–H groups in total. The molecule has 1 heterocycles. The number of carbonyl (C=O) groups is 1. The Morgan fingerprint density at radius 1 is 1.40 bits per heavy atom. The van der Waals surface area contributed by atoms with Gasteiger partial charge in [0, 0.05) is 19.2 Å². The number of tetrazole rings is 1. The Morgan fingerprint density at radius 2 is 2.20 bits per heavy atom. The zero-order valence-electron chi connectivity index (χ0n) is 11.8. The second-order valence-electron chi connectivity index (χ2n) is 4.49. The van der Waals surface area contributed by atoms with E-state index >= 15 is 0 Å². The Hall–Kier alpha value is -1.89. The maximum atomic E-state index is 10.8. The second-order valence-corrected chi connectivity index (χ2v) is 5.56. The van der Waals surface area contributed by atoms with Crippen LogP contribution in [0, 0.1) is 13.8 Å². The van der Waals surface area contributed by atoms with Crippen LogP contribution in [-0.4, -0.2) is 38.4 Å². The maximum Gasteiger partial charge on any atom is 0.216 e. The molecule has 106 valence electrons. The van der Waals surface area contributed by atoms with Crippen LogP contribution in [0.3, 0.4) is 0 Å². The van der Waals surface area contributed by atoms with E-state index in [1.165, 1.54) is 18.7 Å². The number of nitrogens with one attached hydrogen (secondary N) is 1. The lowest BCUT2D eigenvalue weighted by Crippen LogP contribution is -2.22. The van der Waals surface area contributed by atoms with Gasteiger partial charge in [-0.1, -0.05) is 23.9 Å². The normalized spacial score (nSPS) is 10.6. The minimum absolute atomic E-state index is 0.0280. The molecule has 1 amide bonds. The lowest BCUT2D eigenvalue weighted by Gasteiger charge is -2.08. The van der Waals surface area contributed by atoms with E-state index in [9.17, 15) is 4.79 Å². The highest BCUT2D eigenvalue weighted by molar-refractivity contribution is 7.99. The summed E-state index contributed by atoms with van der Waals surface area (Å²) >= 11 is 1.52. The average Bonchev–Trinajstić information content (AvgIpc) is 2.85. The number of rotatable bonds is 5. The summed E-state index contributed by atoms with van der Waals surface area (Å²) < 4.78 is 1.74. The van der Waals surface area contributed by atoms with Gasteiger partial charge in [0.2, 0.25) is 11.1 Å². The molecule has 20 heavy (non-hydrogen) atoms. The van der Waals surface area contributed by atoms with Crippen molar-refractivity contribution in [2.45, 2.75) is 25.9 Å². The van der Waals surface area contributed by atoms with Crippen LogP contribution in [0.4, 0.5) is 0 Å². The Morgan fingerprint density at radius 3 is 2.95 bits per heavy atom. The third-order valence-corrected chi connectivity index (χ3v) is 3.66. The van der Waals surface area contributed by atoms with E-state index in [1.54, 1.807) is 4.68 Å². The Labute approximate surface area is 121 Å². The van der Waals surface area contributed by atoms with Gasteiger partial charge in [-0.05, 0) is 41.5 Å². The first-order chi connectivity index (χ1) is 9.58. The van der Waals surface area contributed by atoms with E-state index in [0.717, 1.165) is 27.7 Å². The summed E-state index contributed by atoms with van der Waals surface area (Å²) in [6, 6.07) is 6.18. The highest BCUT2D eigenvalue weighted by atomic mass is 32.2. The summed E-state index contributed by atoms with van der Waals surface area (Å²) in [4.78, 5) is 10.8. The molecular formula is C13H17N5OS. The molecule has 7 heteroatoms. The van der Waals surface area contributed by atoms with E-state index in [-0.39, 0.29) is 5.91 Å². The Balaban J connectivity index is 2.12. The smallest absolute Gasteiger partial charge is 0.216 e. The standard InChI is InChI=1S/C13H17N5OS/c1-9-4-5-10(2)12(8-9)18-13(15-16-17-18)20-7-6-14-11(3)19/h4-5,8H,6-7H2,1-3H3,(H,14,19). The van der Waals surface area contributed by atoms with Crippen molar-refractivity contribution >= 4 is 17.7 Å². The number of hydrogen-bond donors (Lipinski definition) is 1. The lowest BCUT2D eigenvalue weighted by atomic mass is 10.1. The van der Waals surface area contributed by atoms with Crippen molar-refractivity contribution in [2.75, 3.05) is 12.3 Å². The first kappa shape index (κ1) is 14.5. The minimum Gasteiger partial charge on any atom is -0.356 e. The summed E-state index contributed by atoms with van der Waals surface area (Å²) in [5, 5.41) is 15.3. The maximum absolute atomic E-state index is 10.8. The number of hydrogen-bond acceptors (Lipinski definition) is 5. The molecular weight excluding hydrogens is 274 g/mol. The molecule has 0 saturated carbocycles. The molecule has 0 atom stereocenters. The first-order valence-corrected chi connectivity index (χ1v) is 7.29. The van der Waals surface area contributed by atoms with Gasteiger partial charge in [-0.3, -0.25) is 4.79 Å². The SMILES string of the molecule is CC(=O)NCCSc1nnnn1-c1cc(C)ccc1C. The molecule has 0 bridgehead atoms. The fourth-order valence-corrected chi connectivity index (χ4v) is 2.48. The summed E-state index contributed by atoms with van der Waals surface area (Å²) in [7, 11) is 0. The van der Waals surface area contributed by atoms with Gasteiger partial charge in [0.25, 0.3) is 0 Å². The van der Waals surface area contributed by atoms with E-state index in [0.29, 0.717) is 6.54 Å². The highest BCUT2D eigenvalue weighted by Gasteiger charge is 2.11. The highest BCUT2D eigenvalue weighted by Crippen LogP contribution is 2.21. The zero-order valence-corrected chi connectivity index (χ0v) is 12.6. The third kappa shape index (κ3) is 3.57. The Bertz CT molecular complexity index is 611. The monoisotopic (exact) mass is 291 g/mol. The minimum atomic E-state index is -0.0280. The van der Waals surface area contributed by atoms with Crippen molar-refractivity contribution in [3.8, 4) is 5.69 Å². The summed E-state index contributed by atoms with van der Waals surface area (Å²) in [5.74, 6) is 0.699. The summed E-state index contributed by atoms with van der Waals surface area (Å²) in [6.45, 7) is 6.17. The van der Waals surface area contributed by atoms with Gasteiger partial charge in [0.05, 0.1) is 5.69 Å². The van der Waals surface area contributed by atoms with Gasteiger partial charge in [-0.25, -0.2) is 0 Å². The number of aromatic nitrogens is 4. The van der Waals surface area contributed by atoms with Crippen molar-refractivity contribution in [2.24, 2.45) is 0 Å². The number of aryl methyl sites for hydroxylation is 2. The average molecular weight is 291 g/mol. The summed E-state index contributed by atoms with van der Waals surface area (Å²) in [6.07, 6.45) is 0. The van der Waals surface area contributed by atoms with Gasteiger partial charge >= 0.3 is 0 Å². The molecule has 0 saturated heterocycles. The van der Waals surface area contributed by atoms with Gasteiger partial charge in [0.1, 0.15) is 0 Å². The van der Waals surface area contributed by atoms with E-state index < -0.39 is 0 Å². The molecule has 0 aliphatic heterocycles. The molecule has 0 radical (unpaired) electrons. The summed E-state index contributed by atoms with van der Waals surface area (Å²) in [5.41, 5.74) is 3.26. The van der Waals surface area contributed by atoms with Gasteiger partial charge < -0.3 is 5.32 Å². The predicted molar refractivity (Wildman–Crippen MR) is 78.0 cm³/mol. The first-order valence-electron chi connectivity index (χ1n) is 6.31. The molecule has 0 fully saturated rings. The van der Waals surface area contributed by atoms with Crippen LogP contribution in [-0.2, 0) is 4.79 Å². The van der Waals surface area contributed by atoms with Crippen LogP contribution in [0.5, 0.6) is 0 Å².